The molecule has 0 aliphatic rings. The van der Waals surface area contributed by atoms with Gasteiger partial charge in [0.15, 0.2) is 0 Å². The zero-order valence-corrected chi connectivity index (χ0v) is 10.8. The topological polar surface area (TPSA) is 81.6 Å². The van der Waals surface area contributed by atoms with Crippen LogP contribution in [0.25, 0.3) is 0 Å². The summed E-state index contributed by atoms with van der Waals surface area (Å²) in [6.45, 7) is 0.589. The molecule has 0 unspecified atom stereocenters. The van der Waals surface area contributed by atoms with Crippen molar-refractivity contribution in [1.29, 1.82) is 0 Å². The zero-order valence-electron chi connectivity index (χ0n) is 10.8. The summed E-state index contributed by atoms with van der Waals surface area (Å²) in [5, 5.41) is 0. The highest BCUT2D eigenvalue weighted by Crippen LogP contribution is 2.22. The maximum atomic E-state index is 11.7. The largest absolute Gasteiger partial charge is 0.472 e. The van der Waals surface area contributed by atoms with Gasteiger partial charge in [-0.15, -0.1) is 0 Å². The van der Waals surface area contributed by atoms with E-state index in [1.54, 1.807) is 18.7 Å². The number of hydrogen-bond acceptors (Lipinski definition) is 6. The first-order valence-corrected chi connectivity index (χ1v) is 5.68. The van der Waals surface area contributed by atoms with Crippen LogP contribution in [0.1, 0.15) is 15.9 Å². The Balaban J connectivity index is 2.30. The Morgan fingerprint density at radius 1 is 1.58 bits per heavy atom. The number of carbonyl (C=O) groups is 1. The third kappa shape index (κ3) is 2.85. The number of carbonyl (C=O) groups excluding carboxylic acids is 1. The van der Waals surface area contributed by atoms with E-state index in [9.17, 15) is 4.79 Å². The molecule has 2 rings (SSSR count). The van der Waals surface area contributed by atoms with E-state index >= 15 is 0 Å². The van der Waals surface area contributed by atoms with Gasteiger partial charge in [0.1, 0.15) is 5.82 Å². The fourth-order valence-corrected chi connectivity index (χ4v) is 1.78. The second-order valence-electron chi connectivity index (χ2n) is 4.11. The van der Waals surface area contributed by atoms with E-state index in [0.29, 0.717) is 17.8 Å². The maximum absolute atomic E-state index is 11.7. The van der Waals surface area contributed by atoms with E-state index in [1.165, 1.54) is 13.2 Å². The Morgan fingerprint density at radius 2 is 2.37 bits per heavy atom. The standard InChI is InChI=1S/C13H15N3O3/c1-16(7-9-3-4-19-8-9)11-6-15-12(14)5-10(11)13(17)18-2/h3-6,8H,7H2,1-2H3,(H2,14,15). The summed E-state index contributed by atoms with van der Waals surface area (Å²) in [7, 11) is 3.19. The van der Waals surface area contributed by atoms with E-state index in [-0.39, 0.29) is 5.82 Å². The number of methoxy groups -OCH3 is 1. The number of hydrogen-bond donors (Lipinski definition) is 1. The number of aromatic nitrogens is 1. The highest BCUT2D eigenvalue weighted by molar-refractivity contribution is 5.96. The summed E-state index contributed by atoms with van der Waals surface area (Å²) < 4.78 is 9.77. The molecule has 0 radical (unpaired) electrons. The van der Waals surface area contributed by atoms with Crippen LogP contribution in [-0.2, 0) is 11.3 Å². The Hall–Kier alpha value is -2.50. The van der Waals surface area contributed by atoms with Crippen LogP contribution in [0.15, 0.2) is 35.3 Å². The van der Waals surface area contributed by atoms with Crippen molar-refractivity contribution in [3.63, 3.8) is 0 Å². The van der Waals surface area contributed by atoms with Gasteiger partial charge in [-0.05, 0) is 12.1 Å². The smallest absolute Gasteiger partial charge is 0.340 e. The molecule has 0 aliphatic heterocycles. The van der Waals surface area contributed by atoms with Gasteiger partial charge in [-0.3, -0.25) is 0 Å². The van der Waals surface area contributed by atoms with Crippen LogP contribution in [-0.4, -0.2) is 25.1 Å². The average Bonchev–Trinajstić information content (AvgIpc) is 2.90. The number of nitrogens with two attached hydrogens (primary N) is 1. The van der Waals surface area contributed by atoms with Crippen LogP contribution >= 0.6 is 0 Å². The SMILES string of the molecule is COC(=O)c1cc(N)ncc1N(C)Cc1ccoc1. The molecule has 2 N–H and O–H groups in total. The summed E-state index contributed by atoms with van der Waals surface area (Å²) in [5.74, 6) is -0.163. The zero-order chi connectivity index (χ0) is 13.8. The van der Waals surface area contributed by atoms with Crippen LogP contribution in [0.5, 0.6) is 0 Å². The lowest BCUT2D eigenvalue weighted by atomic mass is 10.2. The molecule has 0 bridgehead atoms. The lowest BCUT2D eigenvalue weighted by Crippen LogP contribution is -2.20. The molecule has 2 aromatic heterocycles. The third-order valence-electron chi connectivity index (χ3n) is 2.72. The monoisotopic (exact) mass is 261 g/mol. The van der Waals surface area contributed by atoms with E-state index in [0.717, 1.165) is 5.56 Å². The number of pyridine rings is 1. The van der Waals surface area contributed by atoms with Gasteiger partial charge in [0.25, 0.3) is 0 Å². The number of esters is 1. The van der Waals surface area contributed by atoms with Crippen molar-refractivity contribution in [1.82, 2.24) is 4.98 Å². The van der Waals surface area contributed by atoms with Crippen LogP contribution in [0.4, 0.5) is 11.5 Å². The van der Waals surface area contributed by atoms with Crippen molar-refractivity contribution in [2.24, 2.45) is 0 Å². The van der Waals surface area contributed by atoms with Crippen LogP contribution in [0.3, 0.4) is 0 Å². The molecule has 0 spiro atoms. The molecule has 6 heteroatoms. The predicted molar refractivity (Wildman–Crippen MR) is 70.8 cm³/mol. The van der Waals surface area contributed by atoms with Gasteiger partial charge in [-0.25, -0.2) is 9.78 Å². The molecule has 0 aromatic carbocycles. The lowest BCUT2D eigenvalue weighted by Gasteiger charge is -2.20. The van der Waals surface area contributed by atoms with Crippen LogP contribution in [0, 0.1) is 0 Å². The van der Waals surface area contributed by atoms with Gasteiger partial charge in [0.2, 0.25) is 0 Å². The number of furan rings is 1. The van der Waals surface area contributed by atoms with Crippen molar-refractivity contribution in [3.8, 4) is 0 Å². The van der Waals surface area contributed by atoms with Gasteiger partial charge in [0, 0.05) is 19.2 Å². The molecule has 0 amide bonds. The van der Waals surface area contributed by atoms with Crippen molar-refractivity contribution in [2.45, 2.75) is 6.54 Å². The first kappa shape index (κ1) is 12.9. The molecule has 19 heavy (non-hydrogen) atoms. The van der Waals surface area contributed by atoms with Gasteiger partial charge in [-0.1, -0.05) is 0 Å². The van der Waals surface area contributed by atoms with Crippen molar-refractivity contribution < 1.29 is 13.9 Å². The Labute approximate surface area is 110 Å². The molecule has 100 valence electrons. The maximum Gasteiger partial charge on any atom is 0.340 e. The third-order valence-corrected chi connectivity index (χ3v) is 2.72. The summed E-state index contributed by atoms with van der Waals surface area (Å²) in [4.78, 5) is 17.6. The summed E-state index contributed by atoms with van der Waals surface area (Å²) in [6, 6.07) is 3.37. The quantitative estimate of drug-likeness (QED) is 0.843. The molecule has 2 heterocycles. The highest BCUT2D eigenvalue weighted by atomic mass is 16.5. The molecule has 0 saturated heterocycles. The summed E-state index contributed by atoms with van der Waals surface area (Å²) in [6.07, 6.45) is 4.81. The Morgan fingerprint density at radius 3 is 3.00 bits per heavy atom. The number of anilines is 2. The van der Waals surface area contributed by atoms with Crippen LogP contribution in [0.2, 0.25) is 0 Å². The molecule has 0 aliphatic carbocycles. The number of rotatable bonds is 4. The second-order valence-corrected chi connectivity index (χ2v) is 4.11. The average molecular weight is 261 g/mol. The highest BCUT2D eigenvalue weighted by Gasteiger charge is 2.16. The summed E-state index contributed by atoms with van der Waals surface area (Å²) in [5.41, 5.74) is 7.64. The normalized spacial score (nSPS) is 10.2. The number of nitrogen functional groups attached to an aromatic ring is 1. The predicted octanol–water partition coefficient (Wildman–Crippen LogP) is 1.68. The molecule has 0 saturated carbocycles. The molecular weight excluding hydrogens is 246 g/mol. The fourth-order valence-electron chi connectivity index (χ4n) is 1.78. The van der Waals surface area contributed by atoms with Crippen molar-refractivity contribution in [3.05, 3.63) is 42.0 Å². The minimum absolute atomic E-state index is 0.279. The van der Waals surface area contributed by atoms with E-state index < -0.39 is 5.97 Å². The minimum Gasteiger partial charge on any atom is -0.472 e. The minimum atomic E-state index is -0.442. The van der Waals surface area contributed by atoms with Gasteiger partial charge in [0.05, 0.1) is 37.1 Å². The summed E-state index contributed by atoms with van der Waals surface area (Å²) >= 11 is 0. The Bertz CT molecular complexity index is 567. The molecule has 2 aromatic rings. The first-order valence-electron chi connectivity index (χ1n) is 5.68. The molecular formula is C13H15N3O3. The lowest BCUT2D eigenvalue weighted by molar-refractivity contribution is 0.0601. The Kier molecular flexibility index (Phi) is 3.70. The van der Waals surface area contributed by atoms with Gasteiger partial charge < -0.3 is 19.8 Å². The van der Waals surface area contributed by atoms with E-state index in [1.807, 2.05) is 18.0 Å². The number of nitrogens with zero attached hydrogens (tertiary/aromatic N) is 2. The van der Waals surface area contributed by atoms with Gasteiger partial charge >= 0.3 is 5.97 Å². The van der Waals surface area contributed by atoms with Crippen LogP contribution < -0.4 is 10.6 Å². The molecule has 0 fully saturated rings. The van der Waals surface area contributed by atoms with Crippen molar-refractivity contribution in [2.75, 3.05) is 24.8 Å². The molecule has 6 nitrogen and oxygen atoms in total. The van der Waals surface area contributed by atoms with E-state index in [4.69, 9.17) is 14.9 Å². The number of ether oxygens (including phenoxy) is 1. The van der Waals surface area contributed by atoms with Gasteiger partial charge in [-0.2, -0.15) is 0 Å². The first-order chi connectivity index (χ1) is 9.11. The second kappa shape index (κ2) is 5.43. The molecule has 0 atom stereocenters. The fraction of sp³-hybridized carbons (Fsp3) is 0.231. The van der Waals surface area contributed by atoms with Crippen molar-refractivity contribution >= 4 is 17.5 Å². The van der Waals surface area contributed by atoms with E-state index in [2.05, 4.69) is 4.98 Å².